The molecule has 1 N–H and O–H groups in total. The molecule has 0 amide bonds. The quantitative estimate of drug-likeness (QED) is 0.913. The Balaban J connectivity index is 2.35. The molecule has 2 aromatic rings. The van der Waals surface area contributed by atoms with Gasteiger partial charge in [-0.15, -0.1) is 11.3 Å². The van der Waals surface area contributed by atoms with E-state index >= 15 is 0 Å². The fourth-order valence-corrected chi connectivity index (χ4v) is 3.09. The Kier molecular flexibility index (Phi) is 4.43. The molecule has 2 nitrogen and oxygen atoms in total. The van der Waals surface area contributed by atoms with Crippen molar-refractivity contribution in [1.29, 1.82) is 0 Å². The van der Waals surface area contributed by atoms with E-state index in [2.05, 4.69) is 28.9 Å². The number of hydrogen-bond donors (Lipinski definition) is 1. The van der Waals surface area contributed by atoms with E-state index in [1.165, 1.54) is 4.88 Å². The Hall–Kier alpha value is -0.840. The molecular formula is C14H15BrO2S. The second-order valence-electron chi connectivity index (χ2n) is 3.95. The van der Waals surface area contributed by atoms with Crippen LogP contribution < -0.4 is 4.74 Å². The molecule has 0 radical (unpaired) electrons. The van der Waals surface area contributed by atoms with Crippen LogP contribution in [0.2, 0.25) is 0 Å². The summed E-state index contributed by atoms with van der Waals surface area (Å²) in [6.45, 7) is 2.11. The van der Waals surface area contributed by atoms with Crippen molar-refractivity contribution in [3.8, 4) is 5.75 Å². The van der Waals surface area contributed by atoms with Gasteiger partial charge in [-0.1, -0.05) is 28.9 Å². The zero-order chi connectivity index (χ0) is 13.1. The van der Waals surface area contributed by atoms with Crippen molar-refractivity contribution < 1.29 is 9.84 Å². The minimum atomic E-state index is -0.627. The summed E-state index contributed by atoms with van der Waals surface area (Å²) in [6, 6.07) is 9.71. The largest absolute Gasteiger partial charge is 0.496 e. The molecule has 4 heteroatoms. The summed E-state index contributed by atoms with van der Waals surface area (Å²) in [5.41, 5.74) is 0.796. The van der Waals surface area contributed by atoms with Gasteiger partial charge in [-0.2, -0.15) is 0 Å². The van der Waals surface area contributed by atoms with Gasteiger partial charge >= 0.3 is 0 Å². The van der Waals surface area contributed by atoms with Gasteiger partial charge < -0.3 is 9.84 Å². The van der Waals surface area contributed by atoms with E-state index in [0.29, 0.717) is 5.75 Å². The molecule has 96 valence electrons. The zero-order valence-corrected chi connectivity index (χ0v) is 12.7. The van der Waals surface area contributed by atoms with Crippen molar-refractivity contribution in [2.24, 2.45) is 0 Å². The number of halogens is 1. The third-order valence-electron chi connectivity index (χ3n) is 2.79. The highest BCUT2D eigenvalue weighted by atomic mass is 79.9. The number of aliphatic hydroxyl groups excluding tert-OH is 1. The van der Waals surface area contributed by atoms with Gasteiger partial charge in [-0.25, -0.2) is 0 Å². The van der Waals surface area contributed by atoms with Crippen molar-refractivity contribution in [3.05, 3.63) is 50.1 Å². The van der Waals surface area contributed by atoms with Crippen LogP contribution in [-0.4, -0.2) is 12.2 Å². The molecule has 18 heavy (non-hydrogen) atoms. The molecule has 1 unspecified atom stereocenters. The summed E-state index contributed by atoms with van der Waals surface area (Å²) in [4.78, 5) is 2.23. The molecule has 1 aromatic carbocycles. The van der Waals surface area contributed by atoms with Crippen LogP contribution in [0.3, 0.4) is 0 Å². The summed E-state index contributed by atoms with van der Waals surface area (Å²) < 4.78 is 6.26. The number of thiophene rings is 1. The first-order valence-corrected chi connectivity index (χ1v) is 7.36. The number of benzene rings is 1. The maximum absolute atomic E-state index is 10.4. The predicted octanol–water partition coefficient (Wildman–Crippen LogP) is 4.16. The molecule has 1 aromatic heterocycles. The Bertz CT molecular complexity index is 536. The van der Waals surface area contributed by atoms with Crippen LogP contribution in [-0.2, 0) is 6.42 Å². The summed E-state index contributed by atoms with van der Waals surface area (Å²) >= 11 is 5.04. The van der Waals surface area contributed by atoms with Crippen LogP contribution in [0.15, 0.2) is 34.8 Å². The summed E-state index contributed by atoms with van der Waals surface area (Å²) in [5, 5.41) is 10.4. The number of aryl methyl sites for hydroxylation is 1. The van der Waals surface area contributed by atoms with Crippen LogP contribution in [0, 0.1) is 0 Å². The SMILES string of the molecule is CCc1ccc(C(O)c2ccc(Br)cc2OC)s1. The lowest BCUT2D eigenvalue weighted by Crippen LogP contribution is -2.00. The van der Waals surface area contributed by atoms with Crippen LogP contribution >= 0.6 is 27.3 Å². The molecule has 0 aliphatic heterocycles. The highest BCUT2D eigenvalue weighted by Crippen LogP contribution is 2.35. The molecule has 0 bridgehead atoms. The van der Waals surface area contributed by atoms with E-state index in [1.807, 2.05) is 24.3 Å². The second kappa shape index (κ2) is 5.87. The third kappa shape index (κ3) is 2.76. The van der Waals surface area contributed by atoms with Gasteiger partial charge in [0.1, 0.15) is 11.9 Å². The monoisotopic (exact) mass is 326 g/mol. The normalized spacial score (nSPS) is 12.4. The first-order chi connectivity index (χ1) is 8.65. The smallest absolute Gasteiger partial charge is 0.126 e. The summed E-state index contributed by atoms with van der Waals surface area (Å²) in [5.74, 6) is 0.698. The van der Waals surface area contributed by atoms with Gasteiger partial charge in [0.15, 0.2) is 0 Å². The van der Waals surface area contributed by atoms with Crippen LogP contribution in [0.1, 0.15) is 28.3 Å². The number of methoxy groups -OCH3 is 1. The Morgan fingerprint density at radius 3 is 2.72 bits per heavy atom. The molecule has 0 spiro atoms. The van der Waals surface area contributed by atoms with Gasteiger partial charge in [-0.3, -0.25) is 0 Å². The van der Waals surface area contributed by atoms with E-state index in [1.54, 1.807) is 18.4 Å². The lowest BCUT2D eigenvalue weighted by Gasteiger charge is -2.13. The average Bonchev–Trinajstić information content (AvgIpc) is 2.86. The molecule has 0 aliphatic carbocycles. The number of aliphatic hydroxyl groups is 1. The molecule has 1 heterocycles. The maximum Gasteiger partial charge on any atom is 0.126 e. The predicted molar refractivity (Wildman–Crippen MR) is 78.5 cm³/mol. The van der Waals surface area contributed by atoms with Gasteiger partial charge in [-0.05, 0) is 30.7 Å². The van der Waals surface area contributed by atoms with Crippen LogP contribution in [0.5, 0.6) is 5.75 Å². The van der Waals surface area contributed by atoms with Gasteiger partial charge in [0.25, 0.3) is 0 Å². The molecule has 0 saturated heterocycles. The number of ether oxygens (including phenoxy) is 1. The standard InChI is InChI=1S/C14H15BrO2S/c1-3-10-5-7-13(18-10)14(16)11-6-4-9(15)8-12(11)17-2/h4-8,14,16H,3H2,1-2H3. The second-order valence-corrected chi connectivity index (χ2v) is 6.06. The highest BCUT2D eigenvalue weighted by Gasteiger charge is 2.17. The van der Waals surface area contributed by atoms with E-state index in [4.69, 9.17) is 4.74 Å². The van der Waals surface area contributed by atoms with Crippen LogP contribution in [0.25, 0.3) is 0 Å². The zero-order valence-electron chi connectivity index (χ0n) is 10.3. The van der Waals surface area contributed by atoms with E-state index in [0.717, 1.165) is 21.3 Å². The molecule has 2 rings (SSSR count). The Morgan fingerprint density at radius 1 is 1.33 bits per heavy atom. The lowest BCUT2D eigenvalue weighted by atomic mass is 10.1. The first kappa shape index (κ1) is 13.6. The molecule has 0 fully saturated rings. The third-order valence-corrected chi connectivity index (χ3v) is 4.57. The van der Waals surface area contributed by atoms with Gasteiger partial charge in [0.05, 0.1) is 7.11 Å². The Labute approximate surface area is 119 Å². The fraction of sp³-hybridized carbons (Fsp3) is 0.286. The van der Waals surface area contributed by atoms with Crippen molar-refractivity contribution in [1.82, 2.24) is 0 Å². The maximum atomic E-state index is 10.4. The molecule has 0 saturated carbocycles. The van der Waals surface area contributed by atoms with E-state index in [-0.39, 0.29) is 0 Å². The first-order valence-electron chi connectivity index (χ1n) is 5.75. The van der Waals surface area contributed by atoms with E-state index in [9.17, 15) is 5.11 Å². The highest BCUT2D eigenvalue weighted by molar-refractivity contribution is 9.10. The Morgan fingerprint density at radius 2 is 2.11 bits per heavy atom. The fourth-order valence-electron chi connectivity index (χ4n) is 1.80. The van der Waals surface area contributed by atoms with Crippen molar-refractivity contribution >= 4 is 27.3 Å². The number of hydrogen-bond acceptors (Lipinski definition) is 3. The summed E-state index contributed by atoms with van der Waals surface area (Å²) in [6.07, 6.45) is 0.368. The van der Waals surface area contributed by atoms with Crippen LogP contribution in [0.4, 0.5) is 0 Å². The molecule has 1 atom stereocenters. The van der Waals surface area contributed by atoms with Crippen molar-refractivity contribution in [2.45, 2.75) is 19.4 Å². The van der Waals surface area contributed by atoms with Gasteiger partial charge in [0.2, 0.25) is 0 Å². The molecular weight excluding hydrogens is 312 g/mol. The lowest BCUT2D eigenvalue weighted by molar-refractivity contribution is 0.218. The van der Waals surface area contributed by atoms with Crippen molar-refractivity contribution in [2.75, 3.05) is 7.11 Å². The average molecular weight is 327 g/mol. The minimum Gasteiger partial charge on any atom is -0.496 e. The van der Waals surface area contributed by atoms with Crippen molar-refractivity contribution in [3.63, 3.8) is 0 Å². The van der Waals surface area contributed by atoms with Gasteiger partial charge in [0, 0.05) is 19.8 Å². The summed E-state index contributed by atoms with van der Waals surface area (Å²) in [7, 11) is 1.61. The number of rotatable bonds is 4. The van der Waals surface area contributed by atoms with E-state index < -0.39 is 6.10 Å². The topological polar surface area (TPSA) is 29.5 Å². The minimum absolute atomic E-state index is 0.627. The molecule has 0 aliphatic rings.